The summed E-state index contributed by atoms with van der Waals surface area (Å²) < 4.78 is 0. The molecule has 2 heterocycles. The van der Waals surface area contributed by atoms with Gasteiger partial charge < -0.3 is 15.1 Å². The predicted octanol–water partition coefficient (Wildman–Crippen LogP) is 0.818. The molecule has 1 aliphatic heterocycles. The third-order valence-electron chi connectivity index (χ3n) is 3.31. The van der Waals surface area contributed by atoms with Crippen LogP contribution in [0.4, 0.5) is 5.69 Å². The number of amides is 2. The predicted molar refractivity (Wildman–Crippen MR) is 76.6 cm³/mol. The highest BCUT2D eigenvalue weighted by Crippen LogP contribution is 2.12. The Labute approximate surface area is 118 Å². The van der Waals surface area contributed by atoms with Crippen LogP contribution in [0, 0.1) is 0 Å². The van der Waals surface area contributed by atoms with Gasteiger partial charge in [0, 0.05) is 45.1 Å². The van der Waals surface area contributed by atoms with Gasteiger partial charge in [-0.05, 0) is 12.5 Å². The molecule has 6 nitrogen and oxygen atoms in total. The van der Waals surface area contributed by atoms with Gasteiger partial charge in [0.1, 0.15) is 0 Å². The molecule has 0 aliphatic carbocycles. The molecule has 1 fully saturated rings. The molecule has 2 amide bonds. The van der Waals surface area contributed by atoms with Gasteiger partial charge >= 0.3 is 0 Å². The molecule has 0 bridgehead atoms. The highest BCUT2D eigenvalue weighted by atomic mass is 16.2. The van der Waals surface area contributed by atoms with Gasteiger partial charge in [0.05, 0.1) is 11.3 Å². The van der Waals surface area contributed by atoms with E-state index in [0.717, 1.165) is 25.1 Å². The monoisotopic (exact) mass is 276 g/mol. The number of rotatable bonds is 5. The molecule has 1 aromatic rings. The maximum atomic E-state index is 12.4. The first-order valence-corrected chi connectivity index (χ1v) is 6.92. The zero-order chi connectivity index (χ0) is 14.4. The van der Waals surface area contributed by atoms with Crippen LogP contribution in [-0.4, -0.2) is 59.8 Å². The molecule has 6 heteroatoms. The van der Waals surface area contributed by atoms with Crippen molar-refractivity contribution in [3.8, 4) is 0 Å². The van der Waals surface area contributed by atoms with Crippen LogP contribution >= 0.6 is 0 Å². The Hall–Kier alpha value is -2.11. The Bertz CT molecular complexity index is 470. The van der Waals surface area contributed by atoms with Crippen LogP contribution in [0.1, 0.15) is 23.7 Å². The molecule has 0 aromatic carbocycles. The van der Waals surface area contributed by atoms with E-state index < -0.39 is 0 Å². The number of hydrogen-bond donors (Lipinski definition) is 1. The first-order chi connectivity index (χ1) is 9.74. The minimum Gasteiger partial charge on any atom is -0.384 e. The Morgan fingerprint density at radius 2 is 2.10 bits per heavy atom. The molecule has 108 valence electrons. The molecular formula is C14H20N4O2. The first-order valence-electron chi connectivity index (χ1n) is 6.92. The highest BCUT2D eigenvalue weighted by molar-refractivity contribution is 5.94. The van der Waals surface area contributed by atoms with Crippen molar-refractivity contribution >= 4 is 18.0 Å². The van der Waals surface area contributed by atoms with E-state index in [4.69, 9.17) is 0 Å². The summed E-state index contributed by atoms with van der Waals surface area (Å²) in [6.07, 6.45) is 5.16. The SMILES string of the molecule is CCCNc1cncc(C(=O)N2CCN(C=O)CC2)c1. The van der Waals surface area contributed by atoms with Crippen molar-refractivity contribution in [3.05, 3.63) is 24.0 Å². The lowest BCUT2D eigenvalue weighted by atomic mass is 10.2. The number of aromatic nitrogens is 1. The number of pyridine rings is 1. The zero-order valence-corrected chi connectivity index (χ0v) is 11.7. The van der Waals surface area contributed by atoms with E-state index in [1.54, 1.807) is 22.2 Å². The van der Waals surface area contributed by atoms with Crippen LogP contribution in [0.15, 0.2) is 18.5 Å². The van der Waals surface area contributed by atoms with Crippen molar-refractivity contribution in [1.82, 2.24) is 14.8 Å². The molecule has 1 N–H and O–H groups in total. The highest BCUT2D eigenvalue weighted by Gasteiger charge is 2.21. The van der Waals surface area contributed by atoms with Crippen LogP contribution in [0.25, 0.3) is 0 Å². The maximum Gasteiger partial charge on any atom is 0.255 e. The number of hydrogen-bond acceptors (Lipinski definition) is 4. The minimum atomic E-state index is -0.0248. The van der Waals surface area contributed by atoms with E-state index in [1.165, 1.54) is 0 Å². The number of piperazine rings is 1. The second-order valence-electron chi connectivity index (χ2n) is 4.82. The molecule has 1 aliphatic rings. The Morgan fingerprint density at radius 1 is 1.35 bits per heavy atom. The summed E-state index contributed by atoms with van der Waals surface area (Å²) in [6, 6.07) is 1.83. The molecule has 0 unspecified atom stereocenters. The standard InChI is InChI=1S/C14H20N4O2/c1-2-3-16-13-8-12(9-15-10-13)14(20)18-6-4-17(11-19)5-7-18/h8-11,16H,2-7H2,1H3. The van der Waals surface area contributed by atoms with Gasteiger partial charge in [0.2, 0.25) is 6.41 Å². The molecular weight excluding hydrogens is 256 g/mol. The van der Waals surface area contributed by atoms with Gasteiger partial charge in [-0.25, -0.2) is 0 Å². The number of carbonyl (C=O) groups is 2. The van der Waals surface area contributed by atoms with Crippen molar-refractivity contribution < 1.29 is 9.59 Å². The van der Waals surface area contributed by atoms with Gasteiger partial charge in [-0.2, -0.15) is 0 Å². The summed E-state index contributed by atoms with van der Waals surface area (Å²) in [6.45, 7) is 5.28. The molecule has 0 radical (unpaired) electrons. The van der Waals surface area contributed by atoms with Crippen LogP contribution in [0.3, 0.4) is 0 Å². The van der Waals surface area contributed by atoms with Gasteiger partial charge in [0.25, 0.3) is 5.91 Å². The van der Waals surface area contributed by atoms with Crippen molar-refractivity contribution in [3.63, 3.8) is 0 Å². The second-order valence-corrected chi connectivity index (χ2v) is 4.82. The van der Waals surface area contributed by atoms with Crippen molar-refractivity contribution in [2.45, 2.75) is 13.3 Å². The Balaban J connectivity index is 2.00. The van der Waals surface area contributed by atoms with Crippen LogP contribution < -0.4 is 5.32 Å². The third kappa shape index (κ3) is 3.46. The fourth-order valence-electron chi connectivity index (χ4n) is 2.14. The molecule has 1 aromatic heterocycles. The van der Waals surface area contributed by atoms with E-state index in [1.807, 2.05) is 6.07 Å². The Kier molecular flexibility index (Phi) is 4.92. The summed E-state index contributed by atoms with van der Waals surface area (Å²) in [4.78, 5) is 30.6. The summed E-state index contributed by atoms with van der Waals surface area (Å²) >= 11 is 0. The lowest BCUT2D eigenvalue weighted by Gasteiger charge is -2.32. The van der Waals surface area contributed by atoms with Crippen molar-refractivity contribution in [2.24, 2.45) is 0 Å². The Morgan fingerprint density at radius 3 is 2.75 bits per heavy atom. The van der Waals surface area contributed by atoms with Crippen molar-refractivity contribution in [2.75, 3.05) is 38.0 Å². The lowest BCUT2D eigenvalue weighted by molar-refractivity contribution is -0.119. The number of nitrogens with one attached hydrogen (secondary N) is 1. The summed E-state index contributed by atoms with van der Waals surface area (Å²) in [5.74, 6) is -0.0248. The van der Waals surface area contributed by atoms with Crippen LogP contribution in [0.5, 0.6) is 0 Å². The van der Waals surface area contributed by atoms with Gasteiger partial charge in [-0.15, -0.1) is 0 Å². The quantitative estimate of drug-likeness (QED) is 0.809. The average molecular weight is 276 g/mol. The van der Waals surface area contributed by atoms with Gasteiger partial charge in [0.15, 0.2) is 0 Å². The normalized spacial score (nSPS) is 15.1. The molecule has 2 rings (SSSR count). The average Bonchev–Trinajstić information content (AvgIpc) is 2.52. The number of nitrogens with zero attached hydrogens (tertiary/aromatic N) is 3. The van der Waals surface area contributed by atoms with Crippen molar-refractivity contribution in [1.29, 1.82) is 0 Å². The molecule has 0 saturated carbocycles. The fraction of sp³-hybridized carbons (Fsp3) is 0.500. The van der Waals surface area contributed by atoms with E-state index in [9.17, 15) is 9.59 Å². The minimum absolute atomic E-state index is 0.0248. The molecule has 1 saturated heterocycles. The molecule has 0 spiro atoms. The van der Waals surface area contributed by atoms with Gasteiger partial charge in [-0.3, -0.25) is 14.6 Å². The third-order valence-corrected chi connectivity index (χ3v) is 3.31. The molecule has 0 atom stereocenters. The van der Waals surface area contributed by atoms with Crippen LogP contribution in [-0.2, 0) is 4.79 Å². The topological polar surface area (TPSA) is 65.5 Å². The summed E-state index contributed by atoms with van der Waals surface area (Å²) in [5.41, 5.74) is 1.45. The molecule has 20 heavy (non-hydrogen) atoms. The number of carbonyl (C=O) groups excluding carboxylic acids is 2. The lowest BCUT2D eigenvalue weighted by Crippen LogP contribution is -2.48. The van der Waals surface area contributed by atoms with E-state index in [-0.39, 0.29) is 5.91 Å². The zero-order valence-electron chi connectivity index (χ0n) is 11.7. The second kappa shape index (κ2) is 6.88. The maximum absolute atomic E-state index is 12.4. The summed E-state index contributed by atoms with van der Waals surface area (Å²) in [5, 5.41) is 3.22. The summed E-state index contributed by atoms with van der Waals surface area (Å²) in [7, 11) is 0. The first kappa shape index (κ1) is 14.3. The van der Waals surface area contributed by atoms with E-state index in [0.29, 0.717) is 31.7 Å². The largest absolute Gasteiger partial charge is 0.384 e. The van der Waals surface area contributed by atoms with Crippen LogP contribution in [0.2, 0.25) is 0 Å². The smallest absolute Gasteiger partial charge is 0.255 e. The number of anilines is 1. The van der Waals surface area contributed by atoms with E-state index in [2.05, 4.69) is 17.2 Å². The van der Waals surface area contributed by atoms with E-state index >= 15 is 0 Å². The fourth-order valence-corrected chi connectivity index (χ4v) is 2.14. The van der Waals surface area contributed by atoms with Gasteiger partial charge in [-0.1, -0.05) is 6.92 Å².